The minimum absolute atomic E-state index is 0.875. The molecular weight excluding hydrogens is 776 g/mol. The Hall–Kier alpha value is -1.04. The van der Waals surface area contributed by atoms with E-state index < -0.39 is 187 Å². The maximum Gasteiger partial charge on any atom is 0.224 e. The van der Waals surface area contributed by atoms with E-state index in [0.29, 0.717) is 0 Å². The smallest absolute Gasteiger partial charge is 0.224 e. The van der Waals surface area contributed by atoms with Crippen LogP contribution in [0.1, 0.15) is 0 Å². The number of rotatable bonds is 14. The number of aliphatic hydroxyl groups is 17. The number of hydrogen-bond donors (Lipinski definition) is 17. The topological polar surface area (TPSA) is 427 Å². The molecule has 0 aromatic carbocycles. The summed E-state index contributed by atoms with van der Waals surface area (Å²) >= 11 is 0. The summed E-state index contributed by atoms with van der Waals surface area (Å²) in [7, 11) is 0. The molecule has 5 aliphatic heterocycles. The van der Waals surface area contributed by atoms with Crippen LogP contribution in [-0.2, 0) is 42.6 Å². The van der Waals surface area contributed by atoms with Crippen LogP contribution in [0.15, 0.2) is 0 Å². The van der Waals surface area contributed by atoms with Crippen LogP contribution < -0.4 is 0 Å². The fraction of sp³-hybridized carbons (Fsp3) is 1.00. The van der Waals surface area contributed by atoms with Crippen molar-refractivity contribution < 1.29 is 129 Å². The van der Waals surface area contributed by atoms with Gasteiger partial charge >= 0.3 is 0 Å². The van der Waals surface area contributed by atoms with Gasteiger partial charge in [-0.1, -0.05) is 0 Å². The van der Waals surface area contributed by atoms with Crippen molar-refractivity contribution in [2.75, 3.05) is 39.6 Å². The molecule has 328 valence electrons. The van der Waals surface area contributed by atoms with E-state index in [-0.39, 0.29) is 0 Å². The van der Waals surface area contributed by atoms with Crippen molar-refractivity contribution in [3.63, 3.8) is 0 Å². The molecule has 0 bridgehead atoms. The minimum Gasteiger partial charge on any atom is -0.394 e. The van der Waals surface area contributed by atoms with Gasteiger partial charge in [0.05, 0.1) is 33.0 Å². The zero-order valence-corrected chi connectivity index (χ0v) is 29.3. The fourth-order valence-electron chi connectivity index (χ4n) is 7.03. The average Bonchev–Trinajstić information content (AvgIpc) is 3.44. The first-order chi connectivity index (χ1) is 26.5. The average molecular weight is 829 g/mol. The second-order valence-corrected chi connectivity index (χ2v) is 14.0. The Balaban J connectivity index is 1.47. The molecule has 0 amide bonds. The molecule has 0 aliphatic carbocycles. The number of hydrogen-bond acceptors (Lipinski definition) is 26. The van der Waals surface area contributed by atoms with Crippen molar-refractivity contribution in [2.24, 2.45) is 0 Å². The molecule has 56 heavy (non-hydrogen) atoms. The Bertz CT molecular complexity index is 1220. The maximum atomic E-state index is 11.3. The molecule has 0 aromatic heterocycles. The summed E-state index contributed by atoms with van der Waals surface area (Å²) in [5.41, 5.74) is 0. The highest BCUT2D eigenvalue weighted by Crippen LogP contribution is 2.39. The van der Waals surface area contributed by atoms with Crippen LogP contribution in [-0.4, -0.2) is 273 Å². The molecule has 0 saturated carbocycles. The molecule has 0 unspecified atom stereocenters. The molecule has 5 fully saturated rings. The van der Waals surface area contributed by atoms with Gasteiger partial charge in [0.15, 0.2) is 25.2 Å². The van der Waals surface area contributed by atoms with Gasteiger partial charge in [-0.25, -0.2) is 0 Å². The summed E-state index contributed by atoms with van der Waals surface area (Å²) in [5, 5.41) is 177. The Morgan fingerprint density at radius 1 is 0.357 bits per heavy atom. The molecule has 0 aromatic rings. The molecule has 0 radical (unpaired) electrons. The van der Waals surface area contributed by atoms with Gasteiger partial charge < -0.3 is 129 Å². The van der Waals surface area contributed by atoms with Gasteiger partial charge in [-0.15, -0.1) is 0 Å². The molecule has 5 saturated heterocycles. The second-order valence-electron chi connectivity index (χ2n) is 14.0. The van der Waals surface area contributed by atoms with E-state index in [1.165, 1.54) is 0 Å². The molecule has 0 spiro atoms. The van der Waals surface area contributed by atoms with Crippen molar-refractivity contribution >= 4 is 0 Å². The lowest BCUT2D eigenvalue weighted by atomic mass is 9.96. The van der Waals surface area contributed by atoms with E-state index in [9.17, 15) is 86.8 Å². The molecule has 5 aliphatic rings. The van der Waals surface area contributed by atoms with E-state index >= 15 is 0 Å². The molecule has 17 N–H and O–H groups in total. The normalized spacial score (nSPS) is 53.0. The highest BCUT2D eigenvalue weighted by atomic mass is 16.8. The molecule has 5 rings (SSSR count). The first kappa shape index (κ1) is 46.0. The zero-order valence-electron chi connectivity index (χ0n) is 29.3. The summed E-state index contributed by atoms with van der Waals surface area (Å²) in [6, 6.07) is 0. The van der Waals surface area contributed by atoms with Crippen LogP contribution in [0.5, 0.6) is 0 Å². The molecule has 24 atom stereocenters. The molecule has 26 nitrogen and oxygen atoms in total. The molecular formula is C30H52O26. The highest BCUT2D eigenvalue weighted by Gasteiger charge is 2.60. The van der Waals surface area contributed by atoms with E-state index in [1.807, 2.05) is 0 Å². The molecule has 5 heterocycles. The lowest BCUT2D eigenvalue weighted by Gasteiger charge is -2.50. The summed E-state index contributed by atoms with van der Waals surface area (Å²) in [6.45, 7) is -5.90. The summed E-state index contributed by atoms with van der Waals surface area (Å²) in [4.78, 5) is 0. The first-order valence-corrected chi connectivity index (χ1v) is 17.6. The van der Waals surface area contributed by atoms with Crippen LogP contribution in [0.3, 0.4) is 0 Å². The maximum absolute atomic E-state index is 11.3. The van der Waals surface area contributed by atoms with Gasteiger partial charge in [0.1, 0.15) is 123 Å². The van der Waals surface area contributed by atoms with Crippen LogP contribution in [0, 0.1) is 0 Å². The van der Waals surface area contributed by atoms with Crippen LogP contribution >= 0.6 is 0 Å². The van der Waals surface area contributed by atoms with Gasteiger partial charge in [-0.2, -0.15) is 0 Å². The van der Waals surface area contributed by atoms with Crippen molar-refractivity contribution in [1.29, 1.82) is 0 Å². The van der Waals surface area contributed by atoms with Gasteiger partial charge in [-0.3, -0.25) is 0 Å². The first-order valence-electron chi connectivity index (χ1n) is 17.6. The van der Waals surface area contributed by atoms with Crippen molar-refractivity contribution in [1.82, 2.24) is 0 Å². The van der Waals surface area contributed by atoms with Gasteiger partial charge in [0.2, 0.25) is 5.79 Å². The summed E-state index contributed by atoms with van der Waals surface area (Å²) in [5.74, 6) is -2.60. The third kappa shape index (κ3) is 8.73. The van der Waals surface area contributed by atoms with E-state index in [2.05, 4.69) is 0 Å². The predicted molar refractivity (Wildman–Crippen MR) is 167 cm³/mol. The lowest BCUT2D eigenvalue weighted by Crippen LogP contribution is -2.68. The van der Waals surface area contributed by atoms with Gasteiger partial charge in [0.25, 0.3) is 0 Å². The summed E-state index contributed by atoms with van der Waals surface area (Å²) < 4.78 is 50.6. The standard InChI is InChI=1S/C30H52O26/c31-1-7-12(37)17(42)21(46)26(48-7)52-22-18(43)13(38)8(2-32)49-27(22)53-23-19(44)14(39)9(3-33)50-28(23)54-24-20(45)15(40)10(4-34)51-29(24)56-30(6-36)25(47)16(41)11(5-35)55-30/h7-29,31-47H,1-6H2/t7-,8+,9-,10+,11-,12-,13-,14-,15+,16+,17+,18+,19+,20+,21+,22+,23+,24+,25-,26-,27-,28-,29-,30+/m1/s1. The number of aliphatic hydroxyl groups excluding tert-OH is 17. The second kappa shape index (κ2) is 19.1. The Kier molecular flexibility index (Phi) is 15.7. The SMILES string of the molecule is OC[C@@H]1O[C@H](O[C@]2(CO)O[C@H](CO)[C@H](O)[C@H]2O)[C@@H](O[C@H]2O[C@H](CO)[C@@H](O)[C@H](O)[C@@H]2O[C@H]2O[C@@H](CO)[C@@H](O)[C@H](O)[C@@H]2O[C@H]2O[C@H](CO)[C@@H](O)[C@H](O)[C@@H]2O)[C@@H](O)[C@H]1O. The fourth-order valence-corrected chi connectivity index (χ4v) is 7.03. The van der Waals surface area contributed by atoms with Gasteiger partial charge in [-0.05, 0) is 0 Å². The van der Waals surface area contributed by atoms with Crippen LogP contribution in [0.25, 0.3) is 0 Å². The van der Waals surface area contributed by atoms with Gasteiger partial charge in [0, 0.05) is 0 Å². The van der Waals surface area contributed by atoms with E-state index in [1.54, 1.807) is 0 Å². The Morgan fingerprint density at radius 2 is 0.696 bits per heavy atom. The van der Waals surface area contributed by atoms with Crippen molar-refractivity contribution in [3.05, 3.63) is 0 Å². The largest absolute Gasteiger partial charge is 0.394 e. The minimum atomic E-state index is -2.60. The van der Waals surface area contributed by atoms with Crippen molar-refractivity contribution in [3.8, 4) is 0 Å². The summed E-state index contributed by atoms with van der Waals surface area (Å²) in [6.07, 6.45) is -44.6. The van der Waals surface area contributed by atoms with Crippen LogP contribution in [0.2, 0.25) is 0 Å². The highest BCUT2D eigenvalue weighted by molar-refractivity contribution is 5.00. The third-order valence-corrected chi connectivity index (χ3v) is 10.4. The van der Waals surface area contributed by atoms with Crippen molar-refractivity contribution in [2.45, 2.75) is 147 Å². The Labute approximate surface area is 316 Å². The number of ether oxygens (including phenoxy) is 9. The quantitative estimate of drug-likeness (QED) is 0.0773. The monoisotopic (exact) mass is 828 g/mol. The lowest BCUT2D eigenvalue weighted by molar-refractivity contribution is -0.421. The van der Waals surface area contributed by atoms with E-state index in [0.717, 1.165) is 0 Å². The third-order valence-electron chi connectivity index (χ3n) is 10.4. The Morgan fingerprint density at radius 3 is 1.07 bits per heavy atom. The van der Waals surface area contributed by atoms with E-state index in [4.69, 9.17) is 42.6 Å². The predicted octanol–water partition coefficient (Wildman–Crippen LogP) is -11.9. The zero-order chi connectivity index (χ0) is 41.4. The van der Waals surface area contributed by atoms with Crippen LogP contribution in [0.4, 0.5) is 0 Å². The molecule has 26 heteroatoms.